The van der Waals surface area contributed by atoms with Gasteiger partial charge in [-0.15, -0.1) is 0 Å². The third-order valence-corrected chi connectivity index (χ3v) is 5.93. The van der Waals surface area contributed by atoms with Crippen LogP contribution in [0.25, 0.3) is 0 Å². The summed E-state index contributed by atoms with van der Waals surface area (Å²) < 4.78 is 22.9. The van der Waals surface area contributed by atoms with Crippen LogP contribution in [0.5, 0.6) is 0 Å². The van der Waals surface area contributed by atoms with E-state index < -0.39 is 9.84 Å². The number of nitrogens with one attached hydrogen (secondary N) is 1. The van der Waals surface area contributed by atoms with Crippen LogP contribution in [0.1, 0.15) is 18.4 Å². The summed E-state index contributed by atoms with van der Waals surface area (Å²) >= 11 is 5.81. The van der Waals surface area contributed by atoms with E-state index >= 15 is 0 Å². The van der Waals surface area contributed by atoms with Crippen molar-refractivity contribution in [3.63, 3.8) is 0 Å². The van der Waals surface area contributed by atoms with Crippen molar-refractivity contribution in [3.05, 3.63) is 34.9 Å². The lowest BCUT2D eigenvalue weighted by Crippen LogP contribution is -2.36. The van der Waals surface area contributed by atoms with Crippen molar-refractivity contribution in [2.75, 3.05) is 25.1 Å². The Kier molecular flexibility index (Phi) is 5.83. The van der Waals surface area contributed by atoms with E-state index in [1.54, 1.807) is 12.1 Å². The van der Waals surface area contributed by atoms with Gasteiger partial charge in [-0.05, 0) is 31.2 Å². The van der Waals surface area contributed by atoms with Gasteiger partial charge in [0.2, 0.25) is 5.91 Å². The maximum Gasteiger partial charge on any atom is 0.221 e. The van der Waals surface area contributed by atoms with Gasteiger partial charge in [-0.2, -0.15) is 0 Å². The summed E-state index contributed by atoms with van der Waals surface area (Å²) in [6, 6.07) is 7.36. The molecule has 122 valence electrons. The lowest BCUT2D eigenvalue weighted by molar-refractivity contribution is -0.121. The Balaban J connectivity index is 1.70. The van der Waals surface area contributed by atoms with Crippen molar-refractivity contribution in [2.24, 2.45) is 0 Å². The molecule has 1 heterocycles. The number of halogens is 1. The van der Waals surface area contributed by atoms with Crippen LogP contribution in [0, 0.1) is 0 Å². The summed E-state index contributed by atoms with van der Waals surface area (Å²) in [5, 5.41) is 3.52. The van der Waals surface area contributed by atoms with E-state index in [1.165, 1.54) is 0 Å². The Morgan fingerprint density at radius 3 is 2.64 bits per heavy atom. The largest absolute Gasteiger partial charge is 0.352 e. The molecule has 0 spiro atoms. The number of nitrogens with zero attached hydrogens (tertiary/aromatic N) is 1. The lowest BCUT2D eigenvalue weighted by atomic mass is 10.2. The minimum atomic E-state index is -2.88. The number of carbonyl (C=O) groups is 1. The Labute approximate surface area is 136 Å². The van der Waals surface area contributed by atoms with Gasteiger partial charge in [-0.3, -0.25) is 4.79 Å². The highest BCUT2D eigenvalue weighted by Gasteiger charge is 2.30. The van der Waals surface area contributed by atoms with Crippen LogP contribution in [0.15, 0.2) is 24.3 Å². The standard InChI is InChI=1S/C15H21ClN2O3S/c1-18(14-7-9-22(20,21)11-14)8-6-15(19)17-10-12-2-4-13(16)5-3-12/h2-5,14H,6-11H2,1H3,(H,17,19). The van der Waals surface area contributed by atoms with Gasteiger partial charge in [0.1, 0.15) is 0 Å². The van der Waals surface area contributed by atoms with Crippen LogP contribution in [-0.4, -0.2) is 50.4 Å². The van der Waals surface area contributed by atoms with Crippen molar-refractivity contribution >= 4 is 27.3 Å². The monoisotopic (exact) mass is 344 g/mol. The van der Waals surface area contributed by atoms with Gasteiger partial charge >= 0.3 is 0 Å². The smallest absolute Gasteiger partial charge is 0.221 e. The van der Waals surface area contributed by atoms with E-state index in [0.717, 1.165) is 5.56 Å². The molecule has 22 heavy (non-hydrogen) atoms. The number of benzene rings is 1. The first kappa shape index (κ1) is 17.2. The summed E-state index contributed by atoms with van der Waals surface area (Å²) in [5.74, 6) is 0.420. The molecule has 0 bridgehead atoms. The molecule has 0 saturated carbocycles. The maximum absolute atomic E-state index is 11.8. The molecule has 0 radical (unpaired) electrons. The highest BCUT2D eigenvalue weighted by atomic mass is 35.5. The normalized spacial score (nSPS) is 20.2. The van der Waals surface area contributed by atoms with Crippen molar-refractivity contribution in [1.82, 2.24) is 10.2 Å². The van der Waals surface area contributed by atoms with Gasteiger partial charge < -0.3 is 10.2 Å². The zero-order valence-corrected chi connectivity index (χ0v) is 14.2. The summed E-state index contributed by atoms with van der Waals surface area (Å²) in [7, 11) is -1.01. The number of carbonyl (C=O) groups excluding carboxylic acids is 1. The number of sulfone groups is 1. The van der Waals surface area contributed by atoms with Crippen molar-refractivity contribution < 1.29 is 13.2 Å². The van der Waals surface area contributed by atoms with Gasteiger partial charge in [0, 0.05) is 30.6 Å². The molecule has 0 aliphatic carbocycles. The van der Waals surface area contributed by atoms with Crippen molar-refractivity contribution in [1.29, 1.82) is 0 Å². The second-order valence-electron chi connectivity index (χ2n) is 5.69. The first-order chi connectivity index (χ1) is 10.4. The molecule has 1 N–H and O–H groups in total. The summed E-state index contributed by atoms with van der Waals surface area (Å²) in [5.41, 5.74) is 0.994. The molecule has 0 aromatic heterocycles. The predicted molar refractivity (Wildman–Crippen MR) is 87.6 cm³/mol. The molecule has 1 aromatic rings. The topological polar surface area (TPSA) is 66.5 Å². The number of hydrogen-bond donors (Lipinski definition) is 1. The lowest BCUT2D eigenvalue weighted by Gasteiger charge is -2.22. The first-order valence-electron chi connectivity index (χ1n) is 7.27. The molecule has 1 amide bonds. The second kappa shape index (κ2) is 7.44. The number of rotatable bonds is 6. The van der Waals surface area contributed by atoms with Gasteiger partial charge in [-0.25, -0.2) is 8.42 Å². The molecule has 1 aliphatic rings. The van der Waals surface area contributed by atoms with E-state index in [-0.39, 0.29) is 23.5 Å². The van der Waals surface area contributed by atoms with Crippen LogP contribution in [0.4, 0.5) is 0 Å². The van der Waals surface area contributed by atoms with E-state index in [9.17, 15) is 13.2 Å². The Hall–Kier alpha value is -1.11. The molecule has 1 aromatic carbocycles. The molecular weight excluding hydrogens is 324 g/mol. The second-order valence-corrected chi connectivity index (χ2v) is 8.36. The molecule has 1 atom stereocenters. The van der Waals surface area contributed by atoms with E-state index in [4.69, 9.17) is 11.6 Å². The fourth-order valence-electron chi connectivity index (χ4n) is 2.47. The van der Waals surface area contributed by atoms with Crippen LogP contribution in [0.2, 0.25) is 5.02 Å². The Bertz CT molecular complexity index is 616. The van der Waals surface area contributed by atoms with Gasteiger partial charge in [0.25, 0.3) is 0 Å². The quantitative estimate of drug-likeness (QED) is 0.848. The van der Waals surface area contributed by atoms with Crippen molar-refractivity contribution in [2.45, 2.75) is 25.4 Å². The van der Waals surface area contributed by atoms with Gasteiger partial charge in [-0.1, -0.05) is 23.7 Å². The molecule has 1 aliphatic heterocycles. The maximum atomic E-state index is 11.8. The molecule has 5 nitrogen and oxygen atoms in total. The average Bonchev–Trinajstić information content (AvgIpc) is 2.84. The van der Waals surface area contributed by atoms with Crippen LogP contribution in [-0.2, 0) is 21.2 Å². The Morgan fingerprint density at radius 1 is 1.36 bits per heavy atom. The molecular formula is C15H21ClN2O3S. The molecule has 7 heteroatoms. The first-order valence-corrected chi connectivity index (χ1v) is 9.47. The minimum absolute atomic E-state index is 0.0362. The molecule has 1 saturated heterocycles. The minimum Gasteiger partial charge on any atom is -0.352 e. The number of amides is 1. The highest BCUT2D eigenvalue weighted by molar-refractivity contribution is 7.91. The van der Waals surface area contributed by atoms with Crippen LogP contribution < -0.4 is 5.32 Å². The fraction of sp³-hybridized carbons (Fsp3) is 0.533. The average molecular weight is 345 g/mol. The zero-order chi connectivity index (χ0) is 16.2. The summed E-state index contributed by atoms with van der Waals surface area (Å²) in [6.45, 7) is 1.03. The predicted octanol–water partition coefficient (Wildman–Crippen LogP) is 1.47. The van der Waals surface area contributed by atoms with Crippen LogP contribution in [0.3, 0.4) is 0 Å². The highest BCUT2D eigenvalue weighted by Crippen LogP contribution is 2.16. The van der Waals surface area contributed by atoms with Gasteiger partial charge in [0.05, 0.1) is 11.5 Å². The molecule has 1 unspecified atom stereocenters. The van der Waals surface area contributed by atoms with Gasteiger partial charge in [0.15, 0.2) is 9.84 Å². The molecule has 1 fully saturated rings. The van der Waals surface area contributed by atoms with E-state index in [2.05, 4.69) is 5.32 Å². The van der Waals surface area contributed by atoms with E-state index in [1.807, 2.05) is 24.1 Å². The van der Waals surface area contributed by atoms with Crippen LogP contribution >= 0.6 is 11.6 Å². The Morgan fingerprint density at radius 2 is 2.05 bits per heavy atom. The fourth-order valence-corrected chi connectivity index (χ4v) is 4.41. The third kappa shape index (κ3) is 5.26. The summed E-state index contributed by atoms with van der Waals surface area (Å²) in [4.78, 5) is 13.8. The van der Waals surface area contributed by atoms with E-state index in [0.29, 0.717) is 31.0 Å². The SMILES string of the molecule is CN(CCC(=O)NCc1ccc(Cl)cc1)C1CCS(=O)(=O)C1. The third-order valence-electron chi connectivity index (χ3n) is 3.93. The number of hydrogen-bond acceptors (Lipinski definition) is 4. The van der Waals surface area contributed by atoms with Crippen molar-refractivity contribution in [3.8, 4) is 0 Å². The zero-order valence-electron chi connectivity index (χ0n) is 12.6. The summed E-state index contributed by atoms with van der Waals surface area (Å²) in [6.07, 6.45) is 1.02. The molecule has 2 rings (SSSR count).